The van der Waals surface area contributed by atoms with E-state index in [-0.39, 0.29) is 23.7 Å². The predicted molar refractivity (Wildman–Crippen MR) is 150 cm³/mol. The van der Waals surface area contributed by atoms with Crippen LogP contribution in [-0.2, 0) is 35.2 Å². The molecule has 1 fully saturated rings. The van der Waals surface area contributed by atoms with Crippen LogP contribution in [0.3, 0.4) is 0 Å². The lowest BCUT2D eigenvalue weighted by Crippen LogP contribution is -2.46. The number of aryl methyl sites for hydroxylation is 3. The van der Waals surface area contributed by atoms with Gasteiger partial charge in [0.2, 0.25) is 0 Å². The second-order valence-corrected chi connectivity index (χ2v) is 10.4. The van der Waals surface area contributed by atoms with Crippen LogP contribution < -0.4 is 0 Å². The third-order valence-electron chi connectivity index (χ3n) is 7.97. The molecule has 1 atom stereocenters. The number of ether oxygens (including phenoxy) is 1. The normalized spacial score (nSPS) is 21.1. The molecule has 0 saturated heterocycles. The molecule has 0 amide bonds. The number of cyclic esters (lactones) is 1. The number of allylic oxidation sites excluding steroid dienone is 2. The molecule has 1 saturated carbocycles. The SMILES string of the molecule is CC=Nc1nc(CC2=C(O)C[C@](CCc3cc(CC)nc(CC)c3)(C3CCCC3)OC2=O)nn1/C(C)=C\C. The van der Waals surface area contributed by atoms with Crippen molar-refractivity contribution in [1.29, 1.82) is 0 Å². The van der Waals surface area contributed by atoms with Crippen molar-refractivity contribution in [2.75, 3.05) is 0 Å². The molecule has 0 radical (unpaired) electrons. The van der Waals surface area contributed by atoms with Gasteiger partial charge >= 0.3 is 5.97 Å². The molecule has 0 aromatic carbocycles. The van der Waals surface area contributed by atoms with Gasteiger partial charge in [-0.3, -0.25) is 4.98 Å². The Morgan fingerprint density at radius 2 is 1.87 bits per heavy atom. The zero-order valence-corrected chi connectivity index (χ0v) is 23.5. The first kappa shape index (κ1) is 27.7. The zero-order chi connectivity index (χ0) is 27.3. The van der Waals surface area contributed by atoms with E-state index in [9.17, 15) is 9.90 Å². The van der Waals surface area contributed by atoms with Gasteiger partial charge in [-0.15, -0.1) is 5.10 Å². The second kappa shape index (κ2) is 12.0. The van der Waals surface area contributed by atoms with Crippen molar-refractivity contribution in [3.63, 3.8) is 0 Å². The lowest BCUT2D eigenvalue weighted by atomic mass is 9.76. The highest BCUT2D eigenvalue weighted by Gasteiger charge is 2.48. The number of nitrogens with zero attached hydrogens (tertiary/aromatic N) is 5. The first-order chi connectivity index (χ1) is 18.3. The Morgan fingerprint density at radius 3 is 2.45 bits per heavy atom. The summed E-state index contributed by atoms with van der Waals surface area (Å²) in [5.41, 5.74) is 3.82. The third-order valence-corrected chi connectivity index (χ3v) is 7.97. The fourth-order valence-corrected chi connectivity index (χ4v) is 5.70. The molecule has 1 aliphatic carbocycles. The van der Waals surface area contributed by atoms with Crippen LogP contribution >= 0.6 is 0 Å². The monoisotopic (exact) mass is 519 g/mol. The van der Waals surface area contributed by atoms with E-state index in [1.807, 2.05) is 26.8 Å². The molecule has 8 nitrogen and oxygen atoms in total. The summed E-state index contributed by atoms with van der Waals surface area (Å²) in [5.74, 6) is 0.755. The molecular weight excluding hydrogens is 478 g/mol. The molecule has 38 heavy (non-hydrogen) atoms. The second-order valence-electron chi connectivity index (χ2n) is 10.4. The molecular formula is C30H41N5O3. The molecule has 0 bridgehead atoms. The Kier molecular flexibility index (Phi) is 8.80. The molecule has 2 aromatic rings. The van der Waals surface area contributed by atoms with Gasteiger partial charge in [0.05, 0.1) is 5.57 Å². The Balaban J connectivity index is 1.60. The number of hydrogen-bond acceptors (Lipinski definition) is 7. The van der Waals surface area contributed by atoms with Gasteiger partial charge in [0.15, 0.2) is 5.82 Å². The summed E-state index contributed by atoms with van der Waals surface area (Å²) in [6.07, 6.45) is 11.5. The number of pyridine rings is 1. The Labute approximate surface area is 226 Å². The number of carbonyl (C=O) groups excluding carboxylic acids is 1. The number of aliphatic hydroxyl groups is 1. The minimum absolute atomic E-state index is 0.103. The molecule has 1 aliphatic heterocycles. The first-order valence-electron chi connectivity index (χ1n) is 14.0. The molecule has 8 heteroatoms. The number of aromatic nitrogens is 4. The van der Waals surface area contributed by atoms with Gasteiger partial charge in [-0.2, -0.15) is 4.98 Å². The number of aliphatic hydroxyl groups excluding tert-OH is 1. The Hall–Kier alpha value is -3.29. The summed E-state index contributed by atoms with van der Waals surface area (Å²) >= 11 is 0. The van der Waals surface area contributed by atoms with Crippen molar-refractivity contribution in [3.8, 4) is 0 Å². The van der Waals surface area contributed by atoms with E-state index in [0.29, 0.717) is 24.6 Å². The van der Waals surface area contributed by atoms with Crippen LogP contribution in [0.1, 0.15) is 95.9 Å². The van der Waals surface area contributed by atoms with E-state index < -0.39 is 11.6 Å². The highest BCUT2D eigenvalue weighted by Crippen LogP contribution is 2.46. The van der Waals surface area contributed by atoms with Gasteiger partial charge in [0, 0.05) is 36.1 Å². The molecule has 0 spiro atoms. The average Bonchev–Trinajstić information content (AvgIpc) is 3.60. The van der Waals surface area contributed by atoms with Gasteiger partial charge in [-0.25, -0.2) is 14.5 Å². The standard InChI is InChI=1S/C30H41N5O3/c1-6-20(5)35-29(31-9-4)33-27(34-35)18-25-26(36)19-30(38-28(25)37,22-12-10-11-13-22)15-14-21-16-23(7-2)32-24(8-3)17-21/h6,9,16-17,22,36H,7-8,10-15,18-19H2,1-5H3/b20-6-,31-9?/t30-/m1/s1. The average molecular weight is 520 g/mol. The van der Waals surface area contributed by atoms with Crippen LogP contribution in [0.25, 0.3) is 5.70 Å². The van der Waals surface area contributed by atoms with Crippen LogP contribution in [-0.4, -0.2) is 42.6 Å². The van der Waals surface area contributed by atoms with Gasteiger partial charge < -0.3 is 9.84 Å². The smallest absolute Gasteiger partial charge is 0.338 e. The minimum Gasteiger partial charge on any atom is -0.512 e. The number of hydrogen-bond donors (Lipinski definition) is 1. The number of carbonyl (C=O) groups is 1. The van der Waals surface area contributed by atoms with Crippen molar-refractivity contribution < 1.29 is 14.6 Å². The highest BCUT2D eigenvalue weighted by molar-refractivity contribution is 5.90. The summed E-state index contributed by atoms with van der Waals surface area (Å²) in [7, 11) is 0. The van der Waals surface area contributed by atoms with Crippen LogP contribution in [0.2, 0.25) is 0 Å². The fraction of sp³-hybridized carbons (Fsp3) is 0.567. The van der Waals surface area contributed by atoms with Gasteiger partial charge in [-0.05, 0) is 82.9 Å². The third kappa shape index (κ3) is 5.89. The molecule has 1 N–H and O–H groups in total. The topological polar surface area (TPSA) is 102 Å². The summed E-state index contributed by atoms with van der Waals surface area (Å²) in [6.45, 7) is 9.90. The van der Waals surface area contributed by atoms with E-state index in [4.69, 9.17) is 9.72 Å². The molecule has 204 valence electrons. The van der Waals surface area contributed by atoms with E-state index in [1.165, 1.54) is 5.56 Å². The molecule has 2 aliphatic rings. The maximum atomic E-state index is 13.4. The summed E-state index contributed by atoms with van der Waals surface area (Å²) < 4.78 is 7.97. The fourth-order valence-electron chi connectivity index (χ4n) is 5.70. The number of rotatable bonds is 10. The lowest BCUT2D eigenvalue weighted by Gasteiger charge is -2.41. The van der Waals surface area contributed by atoms with Crippen molar-refractivity contribution in [3.05, 3.63) is 52.3 Å². The van der Waals surface area contributed by atoms with E-state index in [1.54, 1.807) is 10.9 Å². The van der Waals surface area contributed by atoms with E-state index >= 15 is 0 Å². The number of aliphatic imine (C=N–C) groups is 1. The molecule has 4 rings (SSSR count). The molecule has 2 aromatic heterocycles. The van der Waals surface area contributed by atoms with Crippen molar-refractivity contribution >= 4 is 23.8 Å². The minimum atomic E-state index is -0.699. The van der Waals surface area contributed by atoms with Crippen molar-refractivity contribution in [1.82, 2.24) is 19.7 Å². The Morgan fingerprint density at radius 1 is 1.18 bits per heavy atom. The van der Waals surface area contributed by atoms with Crippen LogP contribution in [0.4, 0.5) is 5.95 Å². The zero-order valence-electron chi connectivity index (χ0n) is 23.5. The van der Waals surface area contributed by atoms with Crippen LogP contribution in [0, 0.1) is 5.92 Å². The van der Waals surface area contributed by atoms with Gasteiger partial charge in [0.25, 0.3) is 5.95 Å². The van der Waals surface area contributed by atoms with Gasteiger partial charge in [0.1, 0.15) is 11.4 Å². The van der Waals surface area contributed by atoms with Crippen molar-refractivity contribution in [2.45, 2.75) is 104 Å². The van der Waals surface area contributed by atoms with Crippen LogP contribution in [0.5, 0.6) is 0 Å². The lowest BCUT2D eigenvalue weighted by molar-refractivity contribution is -0.167. The Bertz CT molecular complexity index is 1230. The quantitative estimate of drug-likeness (QED) is 0.293. The molecule has 0 unspecified atom stereocenters. The largest absolute Gasteiger partial charge is 0.512 e. The first-order valence-corrected chi connectivity index (χ1v) is 14.0. The maximum absolute atomic E-state index is 13.4. The summed E-state index contributed by atoms with van der Waals surface area (Å²) in [4.78, 5) is 27.0. The van der Waals surface area contributed by atoms with Crippen molar-refractivity contribution in [2.24, 2.45) is 10.9 Å². The number of esters is 1. The van der Waals surface area contributed by atoms with E-state index in [0.717, 1.165) is 62.0 Å². The predicted octanol–water partition coefficient (Wildman–Crippen LogP) is 6.26. The highest BCUT2D eigenvalue weighted by atomic mass is 16.6. The maximum Gasteiger partial charge on any atom is 0.338 e. The summed E-state index contributed by atoms with van der Waals surface area (Å²) in [5, 5.41) is 15.8. The summed E-state index contributed by atoms with van der Waals surface area (Å²) in [6, 6.07) is 4.33. The van der Waals surface area contributed by atoms with E-state index in [2.05, 4.69) is 41.1 Å². The van der Waals surface area contributed by atoms with Crippen LogP contribution in [0.15, 0.2) is 34.5 Å². The molecule has 3 heterocycles. The van der Waals surface area contributed by atoms with Gasteiger partial charge in [-0.1, -0.05) is 32.8 Å².